The third-order valence-corrected chi connectivity index (χ3v) is 2.58. The van der Waals surface area contributed by atoms with Crippen LogP contribution in [0.4, 0.5) is 5.69 Å². The van der Waals surface area contributed by atoms with Crippen molar-refractivity contribution in [2.24, 2.45) is 0 Å². The van der Waals surface area contributed by atoms with Gasteiger partial charge >= 0.3 is 0 Å². The molecule has 0 bridgehead atoms. The summed E-state index contributed by atoms with van der Waals surface area (Å²) < 4.78 is 5.31. The zero-order valence-electron chi connectivity index (χ0n) is 9.13. The Morgan fingerprint density at radius 3 is 2.57 bits per heavy atom. The van der Waals surface area contributed by atoms with E-state index in [1.807, 2.05) is 0 Å². The summed E-state index contributed by atoms with van der Waals surface area (Å²) >= 11 is 1.72. The second-order valence-corrected chi connectivity index (χ2v) is 4.24. The summed E-state index contributed by atoms with van der Waals surface area (Å²) in [5.41, 5.74) is 1.06. The SMILES string of the molecule is COc1cc(SC)ccc1NC(C)C. The van der Waals surface area contributed by atoms with Gasteiger partial charge in [-0.25, -0.2) is 0 Å². The minimum atomic E-state index is 0.420. The average Bonchev–Trinajstić information content (AvgIpc) is 2.17. The Hall–Kier alpha value is -0.830. The fraction of sp³-hybridized carbons (Fsp3) is 0.455. The smallest absolute Gasteiger partial charge is 0.143 e. The summed E-state index contributed by atoms with van der Waals surface area (Å²) in [5.74, 6) is 0.908. The van der Waals surface area contributed by atoms with E-state index in [2.05, 4.69) is 43.6 Å². The maximum absolute atomic E-state index is 5.31. The van der Waals surface area contributed by atoms with Crippen LogP contribution >= 0.6 is 11.8 Å². The monoisotopic (exact) mass is 211 g/mol. The van der Waals surface area contributed by atoms with Crippen LogP contribution in [-0.2, 0) is 0 Å². The molecule has 3 heteroatoms. The topological polar surface area (TPSA) is 21.3 Å². The van der Waals surface area contributed by atoms with Crippen LogP contribution in [0, 0.1) is 0 Å². The molecule has 1 aromatic rings. The van der Waals surface area contributed by atoms with Crippen molar-refractivity contribution < 1.29 is 4.74 Å². The summed E-state index contributed by atoms with van der Waals surface area (Å²) in [6, 6.07) is 6.63. The normalized spacial score (nSPS) is 10.4. The zero-order valence-corrected chi connectivity index (χ0v) is 9.94. The van der Waals surface area contributed by atoms with E-state index < -0.39 is 0 Å². The molecule has 0 aliphatic carbocycles. The molecule has 0 saturated heterocycles. The van der Waals surface area contributed by atoms with Gasteiger partial charge in [-0.05, 0) is 38.3 Å². The van der Waals surface area contributed by atoms with Crippen LogP contribution in [0.2, 0.25) is 0 Å². The van der Waals surface area contributed by atoms with Gasteiger partial charge in [0.2, 0.25) is 0 Å². The molecule has 1 N–H and O–H groups in total. The Balaban J connectivity index is 2.93. The molecule has 0 unspecified atom stereocenters. The fourth-order valence-corrected chi connectivity index (χ4v) is 1.66. The van der Waals surface area contributed by atoms with Crippen LogP contribution in [0.25, 0.3) is 0 Å². The largest absolute Gasteiger partial charge is 0.495 e. The predicted molar refractivity (Wildman–Crippen MR) is 63.5 cm³/mol. The number of ether oxygens (including phenoxy) is 1. The van der Waals surface area contributed by atoms with Crippen LogP contribution in [-0.4, -0.2) is 19.4 Å². The third-order valence-electron chi connectivity index (χ3n) is 1.85. The molecule has 0 spiro atoms. The first-order valence-electron chi connectivity index (χ1n) is 4.66. The van der Waals surface area contributed by atoms with E-state index in [0.717, 1.165) is 11.4 Å². The van der Waals surface area contributed by atoms with Gasteiger partial charge in [0.25, 0.3) is 0 Å². The van der Waals surface area contributed by atoms with E-state index in [9.17, 15) is 0 Å². The molecule has 1 rings (SSSR count). The lowest BCUT2D eigenvalue weighted by atomic mass is 10.2. The predicted octanol–water partition coefficient (Wildman–Crippen LogP) is 3.24. The standard InChI is InChI=1S/C11H17NOS/c1-8(2)12-10-6-5-9(14-4)7-11(10)13-3/h5-8,12H,1-4H3. The van der Waals surface area contributed by atoms with Gasteiger partial charge in [-0.1, -0.05) is 0 Å². The van der Waals surface area contributed by atoms with Crippen molar-refractivity contribution in [1.29, 1.82) is 0 Å². The van der Waals surface area contributed by atoms with E-state index in [1.165, 1.54) is 4.90 Å². The third kappa shape index (κ3) is 2.84. The summed E-state index contributed by atoms with van der Waals surface area (Å²) in [7, 11) is 1.70. The lowest BCUT2D eigenvalue weighted by molar-refractivity contribution is 0.415. The van der Waals surface area contributed by atoms with Crippen molar-refractivity contribution in [3.05, 3.63) is 18.2 Å². The van der Waals surface area contributed by atoms with E-state index >= 15 is 0 Å². The lowest BCUT2D eigenvalue weighted by Gasteiger charge is -2.14. The highest BCUT2D eigenvalue weighted by molar-refractivity contribution is 7.98. The molecule has 0 aliphatic heterocycles. The van der Waals surface area contributed by atoms with Gasteiger partial charge in [-0.2, -0.15) is 0 Å². The molecule has 0 aliphatic rings. The van der Waals surface area contributed by atoms with E-state index in [1.54, 1.807) is 18.9 Å². The Morgan fingerprint density at radius 1 is 1.36 bits per heavy atom. The molecule has 2 nitrogen and oxygen atoms in total. The van der Waals surface area contributed by atoms with E-state index in [-0.39, 0.29) is 0 Å². The van der Waals surface area contributed by atoms with Crippen molar-refractivity contribution >= 4 is 17.4 Å². The molecule has 1 aromatic carbocycles. The van der Waals surface area contributed by atoms with Crippen molar-refractivity contribution in [1.82, 2.24) is 0 Å². The summed E-state index contributed by atoms with van der Waals surface area (Å²) in [5, 5.41) is 3.34. The number of anilines is 1. The molecule has 0 saturated carbocycles. The van der Waals surface area contributed by atoms with Crippen LogP contribution in [0.5, 0.6) is 5.75 Å². The highest BCUT2D eigenvalue weighted by Gasteiger charge is 2.04. The van der Waals surface area contributed by atoms with Gasteiger partial charge in [0.1, 0.15) is 5.75 Å². The number of methoxy groups -OCH3 is 1. The Labute approximate surface area is 90.0 Å². The number of thioether (sulfide) groups is 1. The molecule has 0 atom stereocenters. The number of benzene rings is 1. The maximum Gasteiger partial charge on any atom is 0.143 e. The van der Waals surface area contributed by atoms with Gasteiger partial charge < -0.3 is 10.1 Å². The fourth-order valence-electron chi connectivity index (χ4n) is 1.23. The van der Waals surface area contributed by atoms with Gasteiger partial charge in [0, 0.05) is 10.9 Å². The van der Waals surface area contributed by atoms with Crippen molar-refractivity contribution in [2.75, 3.05) is 18.7 Å². The summed E-state index contributed by atoms with van der Waals surface area (Å²) in [6.07, 6.45) is 2.06. The summed E-state index contributed by atoms with van der Waals surface area (Å²) in [6.45, 7) is 4.23. The molecule has 78 valence electrons. The van der Waals surface area contributed by atoms with Crippen molar-refractivity contribution in [3.63, 3.8) is 0 Å². The molecular weight excluding hydrogens is 194 g/mol. The van der Waals surface area contributed by atoms with Gasteiger partial charge in [0.05, 0.1) is 12.8 Å². The first-order chi connectivity index (χ1) is 6.67. The van der Waals surface area contributed by atoms with Gasteiger partial charge in [-0.3, -0.25) is 0 Å². The first-order valence-corrected chi connectivity index (χ1v) is 5.88. The van der Waals surface area contributed by atoms with E-state index in [0.29, 0.717) is 6.04 Å². The molecular formula is C11H17NOS. The highest BCUT2D eigenvalue weighted by Crippen LogP contribution is 2.29. The minimum Gasteiger partial charge on any atom is -0.495 e. The minimum absolute atomic E-state index is 0.420. The molecule has 0 aromatic heterocycles. The average molecular weight is 211 g/mol. The van der Waals surface area contributed by atoms with Crippen LogP contribution < -0.4 is 10.1 Å². The Morgan fingerprint density at radius 2 is 2.07 bits per heavy atom. The Bertz CT molecular complexity index is 299. The second kappa shape index (κ2) is 5.15. The maximum atomic E-state index is 5.31. The number of rotatable bonds is 4. The van der Waals surface area contributed by atoms with Crippen LogP contribution in [0.1, 0.15) is 13.8 Å². The van der Waals surface area contributed by atoms with Gasteiger partial charge in [0.15, 0.2) is 0 Å². The first kappa shape index (κ1) is 11.2. The van der Waals surface area contributed by atoms with Crippen molar-refractivity contribution in [3.8, 4) is 5.75 Å². The highest BCUT2D eigenvalue weighted by atomic mass is 32.2. The van der Waals surface area contributed by atoms with Gasteiger partial charge in [-0.15, -0.1) is 11.8 Å². The molecule has 0 fully saturated rings. The number of nitrogens with one attached hydrogen (secondary N) is 1. The molecule has 0 amide bonds. The molecule has 0 heterocycles. The van der Waals surface area contributed by atoms with Crippen LogP contribution in [0.3, 0.4) is 0 Å². The number of hydrogen-bond acceptors (Lipinski definition) is 3. The molecule has 0 radical (unpaired) electrons. The zero-order chi connectivity index (χ0) is 10.6. The second-order valence-electron chi connectivity index (χ2n) is 3.37. The lowest BCUT2D eigenvalue weighted by Crippen LogP contribution is -2.10. The number of hydrogen-bond donors (Lipinski definition) is 1. The summed E-state index contributed by atoms with van der Waals surface area (Å²) in [4.78, 5) is 1.22. The molecule has 14 heavy (non-hydrogen) atoms. The van der Waals surface area contributed by atoms with E-state index in [4.69, 9.17) is 4.74 Å². The quantitative estimate of drug-likeness (QED) is 0.773. The van der Waals surface area contributed by atoms with Crippen LogP contribution in [0.15, 0.2) is 23.1 Å². The Kier molecular flexibility index (Phi) is 4.14. The van der Waals surface area contributed by atoms with Crippen molar-refractivity contribution in [2.45, 2.75) is 24.8 Å².